The minimum atomic E-state index is -1.00. The van der Waals surface area contributed by atoms with Gasteiger partial charge in [-0.15, -0.1) is 0 Å². The lowest BCUT2D eigenvalue weighted by atomic mass is 10.0. The number of amides is 1. The standard InChI is InChI=1S/C17H22N2O3/c1-10(2)7-13(17(21)22)18-16(20)15-9-12-8-11(3)5-6-14(12)19(15)4/h5-6,8-10,13H,7H2,1-4H3,(H,18,20)(H,21,22). The molecule has 1 amide bonds. The van der Waals surface area contributed by atoms with E-state index in [0.29, 0.717) is 12.1 Å². The zero-order valence-corrected chi connectivity index (χ0v) is 13.4. The second kappa shape index (κ2) is 6.22. The van der Waals surface area contributed by atoms with Gasteiger partial charge in [0.05, 0.1) is 0 Å². The lowest BCUT2D eigenvalue weighted by Crippen LogP contribution is -2.42. The van der Waals surface area contributed by atoms with Crippen LogP contribution in [0.4, 0.5) is 0 Å². The van der Waals surface area contributed by atoms with Gasteiger partial charge in [0.2, 0.25) is 0 Å². The number of aromatic nitrogens is 1. The molecule has 0 fully saturated rings. The minimum absolute atomic E-state index is 0.191. The molecule has 2 aromatic rings. The smallest absolute Gasteiger partial charge is 0.326 e. The molecular formula is C17H22N2O3. The molecule has 0 aliphatic heterocycles. The lowest BCUT2D eigenvalue weighted by molar-refractivity contribution is -0.139. The van der Waals surface area contributed by atoms with E-state index in [1.165, 1.54) is 0 Å². The summed E-state index contributed by atoms with van der Waals surface area (Å²) in [5, 5.41) is 12.8. The maximum absolute atomic E-state index is 12.4. The van der Waals surface area contributed by atoms with Crippen molar-refractivity contribution in [2.75, 3.05) is 0 Å². The van der Waals surface area contributed by atoms with Gasteiger partial charge in [-0.2, -0.15) is 0 Å². The molecule has 1 aromatic carbocycles. The van der Waals surface area contributed by atoms with Gasteiger partial charge < -0.3 is 15.0 Å². The van der Waals surface area contributed by atoms with Crippen molar-refractivity contribution >= 4 is 22.8 Å². The average molecular weight is 302 g/mol. The molecule has 1 unspecified atom stereocenters. The number of rotatable bonds is 5. The fourth-order valence-corrected chi connectivity index (χ4v) is 2.61. The zero-order valence-electron chi connectivity index (χ0n) is 13.4. The third-order valence-electron chi connectivity index (χ3n) is 3.74. The maximum atomic E-state index is 12.4. The predicted octanol–water partition coefficient (Wildman–Crippen LogP) is 2.72. The molecule has 0 saturated heterocycles. The van der Waals surface area contributed by atoms with Crippen LogP contribution in [0.2, 0.25) is 0 Å². The van der Waals surface area contributed by atoms with Crippen molar-refractivity contribution in [2.24, 2.45) is 13.0 Å². The molecule has 1 atom stereocenters. The summed E-state index contributed by atoms with van der Waals surface area (Å²) >= 11 is 0. The van der Waals surface area contributed by atoms with E-state index in [0.717, 1.165) is 16.5 Å². The molecule has 0 radical (unpaired) electrons. The number of carboxylic acids is 1. The topological polar surface area (TPSA) is 71.3 Å². The van der Waals surface area contributed by atoms with Gasteiger partial charge in [-0.3, -0.25) is 4.79 Å². The Hall–Kier alpha value is -2.30. The molecule has 0 aliphatic rings. The summed E-state index contributed by atoms with van der Waals surface area (Å²) in [7, 11) is 1.81. The minimum Gasteiger partial charge on any atom is -0.480 e. The van der Waals surface area contributed by atoms with Crippen molar-refractivity contribution in [2.45, 2.75) is 33.2 Å². The fourth-order valence-electron chi connectivity index (χ4n) is 2.61. The molecule has 118 valence electrons. The van der Waals surface area contributed by atoms with E-state index in [4.69, 9.17) is 0 Å². The van der Waals surface area contributed by atoms with Crippen LogP contribution in [0, 0.1) is 12.8 Å². The lowest BCUT2D eigenvalue weighted by Gasteiger charge is -2.16. The molecule has 1 aromatic heterocycles. The number of benzene rings is 1. The molecule has 0 aliphatic carbocycles. The van der Waals surface area contributed by atoms with Crippen LogP contribution in [0.25, 0.3) is 10.9 Å². The van der Waals surface area contributed by atoms with Crippen molar-refractivity contribution < 1.29 is 14.7 Å². The van der Waals surface area contributed by atoms with Crippen LogP contribution in [0.1, 0.15) is 36.3 Å². The number of aliphatic carboxylic acids is 1. The van der Waals surface area contributed by atoms with Crippen molar-refractivity contribution in [1.82, 2.24) is 9.88 Å². The van der Waals surface area contributed by atoms with E-state index in [9.17, 15) is 14.7 Å². The van der Waals surface area contributed by atoms with Gasteiger partial charge in [-0.25, -0.2) is 4.79 Å². The SMILES string of the molecule is Cc1ccc2c(c1)cc(C(=O)NC(CC(C)C)C(=O)O)n2C. The third-order valence-corrected chi connectivity index (χ3v) is 3.74. The Balaban J connectivity index is 2.29. The number of hydrogen-bond acceptors (Lipinski definition) is 2. The Kier molecular flexibility index (Phi) is 4.54. The molecule has 0 saturated carbocycles. The van der Waals surface area contributed by atoms with Crippen molar-refractivity contribution in [1.29, 1.82) is 0 Å². The number of carboxylic acid groups (broad SMARTS) is 1. The number of carbonyl (C=O) groups is 2. The molecule has 2 rings (SSSR count). The Morgan fingerprint density at radius 2 is 1.95 bits per heavy atom. The van der Waals surface area contributed by atoms with Gasteiger partial charge in [0.25, 0.3) is 5.91 Å². The molecule has 5 nitrogen and oxygen atoms in total. The summed E-state index contributed by atoms with van der Waals surface area (Å²) in [6.07, 6.45) is 0.407. The van der Waals surface area contributed by atoms with Crippen molar-refractivity contribution in [3.63, 3.8) is 0 Å². The quantitative estimate of drug-likeness (QED) is 0.892. The van der Waals surface area contributed by atoms with Crippen LogP contribution in [0.15, 0.2) is 24.3 Å². The number of aryl methyl sites for hydroxylation is 2. The van der Waals surface area contributed by atoms with Gasteiger partial charge >= 0.3 is 5.97 Å². The monoisotopic (exact) mass is 302 g/mol. The molecule has 0 spiro atoms. The van der Waals surface area contributed by atoms with Crippen LogP contribution in [0.5, 0.6) is 0 Å². The van der Waals surface area contributed by atoms with Gasteiger partial charge in [-0.1, -0.05) is 25.5 Å². The van der Waals surface area contributed by atoms with Gasteiger partial charge in [-0.05, 0) is 37.5 Å². The van der Waals surface area contributed by atoms with Gasteiger partial charge in [0, 0.05) is 18.0 Å². The highest BCUT2D eigenvalue weighted by Crippen LogP contribution is 2.20. The first-order valence-electron chi connectivity index (χ1n) is 7.39. The summed E-state index contributed by atoms with van der Waals surface area (Å²) in [4.78, 5) is 23.7. The Morgan fingerprint density at radius 3 is 2.55 bits per heavy atom. The van der Waals surface area contributed by atoms with Gasteiger partial charge in [0.15, 0.2) is 0 Å². The highest BCUT2D eigenvalue weighted by molar-refractivity contribution is 6.00. The second-order valence-corrected chi connectivity index (χ2v) is 6.14. The average Bonchev–Trinajstić information content (AvgIpc) is 2.74. The van der Waals surface area contributed by atoms with E-state index >= 15 is 0 Å². The highest BCUT2D eigenvalue weighted by atomic mass is 16.4. The Morgan fingerprint density at radius 1 is 1.27 bits per heavy atom. The fraction of sp³-hybridized carbons (Fsp3) is 0.412. The number of fused-ring (bicyclic) bond motifs is 1. The van der Waals surface area contributed by atoms with Crippen LogP contribution in [-0.2, 0) is 11.8 Å². The van der Waals surface area contributed by atoms with E-state index in [1.54, 1.807) is 10.6 Å². The first kappa shape index (κ1) is 16.1. The number of nitrogens with one attached hydrogen (secondary N) is 1. The molecule has 1 heterocycles. The zero-order chi connectivity index (χ0) is 16.4. The summed E-state index contributed by atoms with van der Waals surface area (Å²) in [6, 6.07) is 6.89. The van der Waals surface area contributed by atoms with Crippen LogP contribution < -0.4 is 5.32 Å². The summed E-state index contributed by atoms with van der Waals surface area (Å²) in [6.45, 7) is 5.86. The van der Waals surface area contributed by atoms with Crippen molar-refractivity contribution in [3.05, 3.63) is 35.5 Å². The molecule has 2 N–H and O–H groups in total. The van der Waals surface area contributed by atoms with Crippen LogP contribution >= 0.6 is 0 Å². The third kappa shape index (κ3) is 3.30. The van der Waals surface area contributed by atoms with E-state index < -0.39 is 12.0 Å². The molecule has 0 bridgehead atoms. The molecule has 5 heteroatoms. The number of hydrogen-bond donors (Lipinski definition) is 2. The van der Waals surface area contributed by atoms with E-state index in [1.807, 2.05) is 46.0 Å². The van der Waals surface area contributed by atoms with Crippen LogP contribution in [0.3, 0.4) is 0 Å². The highest BCUT2D eigenvalue weighted by Gasteiger charge is 2.23. The number of carbonyl (C=O) groups excluding carboxylic acids is 1. The second-order valence-electron chi connectivity index (χ2n) is 6.14. The number of nitrogens with zero attached hydrogens (tertiary/aromatic N) is 1. The van der Waals surface area contributed by atoms with Gasteiger partial charge in [0.1, 0.15) is 11.7 Å². The van der Waals surface area contributed by atoms with Crippen LogP contribution in [-0.4, -0.2) is 27.6 Å². The Labute approximate surface area is 129 Å². The summed E-state index contributed by atoms with van der Waals surface area (Å²) in [5.41, 5.74) is 2.54. The first-order valence-corrected chi connectivity index (χ1v) is 7.39. The van der Waals surface area contributed by atoms with E-state index in [-0.39, 0.29) is 11.8 Å². The first-order chi connectivity index (χ1) is 10.3. The van der Waals surface area contributed by atoms with E-state index in [2.05, 4.69) is 5.32 Å². The summed E-state index contributed by atoms with van der Waals surface area (Å²) < 4.78 is 1.79. The normalized spacial score (nSPS) is 12.6. The predicted molar refractivity (Wildman–Crippen MR) is 86.0 cm³/mol. The largest absolute Gasteiger partial charge is 0.480 e. The summed E-state index contributed by atoms with van der Waals surface area (Å²) in [5.74, 6) is -1.17. The maximum Gasteiger partial charge on any atom is 0.326 e. The Bertz CT molecular complexity index is 716. The molecule has 22 heavy (non-hydrogen) atoms. The molecular weight excluding hydrogens is 280 g/mol. The van der Waals surface area contributed by atoms with Crippen molar-refractivity contribution in [3.8, 4) is 0 Å².